The number of anilines is 6. The summed E-state index contributed by atoms with van der Waals surface area (Å²) in [5, 5.41) is 37.0. The molecule has 0 spiro atoms. The number of aromatic nitrogens is 3. The van der Waals surface area contributed by atoms with E-state index in [1.54, 1.807) is 7.11 Å². The van der Waals surface area contributed by atoms with Crippen LogP contribution in [0.25, 0.3) is 0 Å². The normalized spacial score (nSPS) is 11.7. The summed E-state index contributed by atoms with van der Waals surface area (Å²) >= 11 is 0. The van der Waals surface area contributed by atoms with Crippen LogP contribution < -0.4 is 25.6 Å². The van der Waals surface area contributed by atoms with Crippen LogP contribution in [0.1, 0.15) is 5.56 Å². The van der Waals surface area contributed by atoms with Gasteiger partial charge in [0, 0.05) is 34.8 Å². The number of phenols is 1. The molecule has 0 radical (unpaired) electrons. The van der Waals surface area contributed by atoms with Gasteiger partial charge < -0.3 is 20.4 Å². The second-order valence-electron chi connectivity index (χ2n) is 8.59. The van der Waals surface area contributed by atoms with Crippen molar-refractivity contribution in [1.29, 1.82) is 0 Å². The van der Waals surface area contributed by atoms with E-state index in [0.29, 0.717) is 11.7 Å². The fraction of sp³-hybridized carbons (Fsp3) is 0.0345. The first kappa shape index (κ1) is 27.0. The molecule has 1 aromatic heterocycles. The van der Waals surface area contributed by atoms with Crippen molar-refractivity contribution in [3.63, 3.8) is 0 Å². The minimum atomic E-state index is -1.12. The van der Waals surface area contributed by atoms with Crippen molar-refractivity contribution in [2.24, 2.45) is 5.10 Å². The van der Waals surface area contributed by atoms with Crippen LogP contribution in [-0.4, -0.2) is 38.6 Å². The van der Waals surface area contributed by atoms with Gasteiger partial charge in [-0.2, -0.15) is 25.3 Å². The smallest absolute Gasteiger partial charge is 0.250 e. The molecule has 0 aliphatic rings. The summed E-state index contributed by atoms with van der Waals surface area (Å²) in [6, 6.07) is 30.5. The van der Waals surface area contributed by atoms with Crippen molar-refractivity contribution in [2.75, 3.05) is 22.8 Å². The maximum Gasteiger partial charge on any atom is 0.250 e. The average molecular weight is 551 g/mol. The number of nitrogens with zero attached hydrogens (tertiary/aromatic N) is 5. The number of rotatable bonds is 10. The van der Waals surface area contributed by atoms with Gasteiger partial charge in [0.1, 0.15) is 11.5 Å². The highest BCUT2D eigenvalue weighted by molar-refractivity contribution is 5.85. The molecule has 1 unspecified atom stereocenters. The Morgan fingerprint density at radius 2 is 1.49 bits per heavy atom. The van der Waals surface area contributed by atoms with Crippen LogP contribution in [0.2, 0.25) is 0 Å². The Hall–Kier alpha value is -5.56. The Morgan fingerprint density at radius 3 is 2.10 bits per heavy atom. The van der Waals surface area contributed by atoms with Crippen molar-refractivity contribution >= 4 is 46.8 Å². The van der Waals surface area contributed by atoms with E-state index in [9.17, 15) is 15.5 Å². The lowest BCUT2D eigenvalue weighted by molar-refractivity contribution is -0.991. The maximum absolute atomic E-state index is 11.3. The van der Waals surface area contributed by atoms with Gasteiger partial charge in [0.15, 0.2) is 5.69 Å². The molecule has 0 saturated heterocycles. The number of quaternary nitrogens is 1. The summed E-state index contributed by atoms with van der Waals surface area (Å²) in [7, 11) is 1.60. The van der Waals surface area contributed by atoms with Gasteiger partial charge in [-0.15, -0.1) is 0 Å². The SMILES string of the molecule is COc1ccc(Nc2nc(NN=Cc3cc([NH+]([O-])O)ccc3O)nc(N(c3ccccc3)c3ccccc3)n2)cc1. The fourth-order valence-corrected chi connectivity index (χ4v) is 3.86. The third-order valence-corrected chi connectivity index (χ3v) is 5.84. The fourth-order valence-electron chi connectivity index (χ4n) is 3.86. The number of para-hydroxylation sites is 2. The van der Waals surface area contributed by atoms with Crippen LogP contribution in [0.5, 0.6) is 11.5 Å². The predicted octanol–water partition coefficient (Wildman–Crippen LogP) is 4.65. The Balaban J connectivity index is 1.53. The number of aromatic hydroxyl groups is 1. The van der Waals surface area contributed by atoms with Crippen LogP contribution >= 0.6 is 0 Å². The van der Waals surface area contributed by atoms with E-state index in [1.807, 2.05) is 89.8 Å². The van der Waals surface area contributed by atoms with Crippen LogP contribution in [0.15, 0.2) is 108 Å². The molecule has 0 amide bonds. The summed E-state index contributed by atoms with van der Waals surface area (Å²) in [6.45, 7) is 0. The molecule has 1 atom stereocenters. The third kappa shape index (κ3) is 6.72. The zero-order chi connectivity index (χ0) is 28.6. The van der Waals surface area contributed by atoms with Crippen molar-refractivity contribution in [2.45, 2.75) is 0 Å². The number of benzene rings is 4. The lowest BCUT2D eigenvalue weighted by atomic mass is 10.2. The molecule has 12 heteroatoms. The van der Waals surface area contributed by atoms with Crippen molar-refractivity contribution in [3.05, 3.63) is 114 Å². The Kier molecular flexibility index (Phi) is 8.26. The first-order chi connectivity index (χ1) is 20.0. The molecular formula is C29H26N8O4. The largest absolute Gasteiger partial charge is 0.595 e. The Labute approximate surface area is 235 Å². The van der Waals surface area contributed by atoms with Gasteiger partial charge in [-0.1, -0.05) is 36.4 Å². The Bertz CT molecular complexity index is 1580. The van der Waals surface area contributed by atoms with Gasteiger partial charge in [0.05, 0.1) is 13.3 Å². The molecule has 0 aliphatic carbocycles. The Morgan fingerprint density at radius 1 is 0.854 bits per heavy atom. The minimum absolute atomic E-state index is 0.0130. The average Bonchev–Trinajstić information content (AvgIpc) is 2.99. The number of nitrogens with one attached hydrogen (secondary N) is 3. The van der Waals surface area contributed by atoms with E-state index >= 15 is 0 Å². The summed E-state index contributed by atoms with van der Waals surface area (Å²) in [6.07, 6.45) is 1.29. The molecule has 206 valence electrons. The number of ether oxygens (including phenoxy) is 1. The molecule has 4 aromatic carbocycles. The highest BCUT2D eigenvalue weighted by Crippen LogP contribution is 2.33. The summed E-state index contributed by atoms with van der Waals surface area (Å²) in [5.74, 6) is 1.23. The molecule has 5 aromatic rings. The quantitative estimate of drug-likeness (QED) is 0.0942. The third-order valence-electron chi connectivity index (χ3n) is 5.84. The molecule has 12 nitrogen and oxygen atoms in total. The highest BCUT2D eigenvalue weighted by Gasteiger charge is 2.18. The van der Waals surface area contributed by atoms with E-state index in [1.165, 1.54) is 24.4 Å². The first-order valence-corrected chi connectivity index (χ1v) is 12.4. The van der Waals surface area contributed by atoms with Gasteiger partial charge in [-0.05, 0) is 54.6 Å². The number of hydrogen-bond donors (Lipinski definition) is 5. The van der Waals surface area contributed by atoms with E-state index < -0.39 is 5.23 Å². The molecular weight excluding hydrogens is 524 g/mol. The number of hydrazone groups is 1. The van der Waals surface area contributed by atoms with Crippen LogP contribution in [0.4, 0.5) is 40.6 Å². The van der Waals surface area contributed by atoms with Gasteiger partial charge in [-0.25, -0.2) is 10.6 Å². The summed E-state index contributed by atoms with van der Waals surface area (Å²) < 4.78 is 5.24. The number of phenolic OH excluding ortho intramolecular Hbond substituents is 1. The van der Waals surface area contributed by atoms with Gasteiger partial charge in [0.2, 0.25) is 17.8 Å². The van der Waals surface area contributed by atoms with Crippen LogP contribution in [0, 0.1) is 5.21 Å². The second kappa shape index (κ2) is 12.5. The van der Waals surface area contributed by atoms with E-state index in [-0.39, 0.29) is 28.9 Å². The number of methoxy groups -OCH3 is 1. The van der Waals surface area contributed by atoms with Crippen LogP contribution in [0.3, 0.4) is 0 Å². The van der Waals surface area contributed by atoms with Gasteiger partial charge in [-0.3, -0.25) is 4.90 Å². The highest BCUT2D eigenvalue weighted by atomic mass is 16.8. The predicted molar refractivity (Wildman–Crippen MR) is 156 cm³/mol. The van der Waals surface area contributed by atoms with E-state index in [0.717, 1.165) is 17.1 Å². The van der Waals surface area contributed by atoms with Crippen molar-refractivity contribution in [1.82, 2.24) is 15.0 Å². The lowest BCUT2D eigenvalue weighted by Crippen LogP contribution is -2.99. The van der Waals surface area contributed by atoms with Crippen molar-refractivity contribution in [3.8, 4) is 11.5 Å². The standard InChI is InChI=1S/C29H26N8O4/c1-41-25-15-12-21(13-16-25)31-27-32-28(35-30-19-20-18-24(37(39)40)14-17-26(20)38)34-29(33-27)36(22-8-4-2-5-9-22)23-10-6-3-7-11-23/h2-19,37-39H,1H3,(H2,31,32,33,34,35). The molecule has 0 fully saturated rings. The monoisotopic (exact) mass is 550 g/mol. The van der Waals surface area contributed by atoms with Gasteiger partial charge >= 0.3 is 0 Å². The molecule has 0 bridgehead atoms. The van der Waals surface area contributed by atoms with Crippen molar-refractivity contribution < 1.29 is 20.3 Å². The van der Waals surface area contributed by atoms with Gasteiger partial charge in [0.25, 0.3) is 0 Å². The topological polar surface area (TPSA) is 156 Å². The molecule has 0 saturated carbocycles. The lowest BCUT2D eigenvalue weighted by Gasteiger charge is -2.23. The number of hydrogen-bond acceptors (Lipinski definition) is 11. The summed E-state index contributed by atoms with van der Waals surface area (Å²) in [5.41, 5.74) is 5.36. The summed E-state index contributed by atoms with van der Waals surface area (Å²) in [4.78, 5) is 15.7. The van der Waals surface area contributed by atoms with E-state index in [4.69, 9.17) is 9.72 Å². The molecule has 5 N–H and O–H groups in total. The molecule has 0 aliphatic heterocycles. The zero-order valence-corrected chi connectivity index (χ0v) is 21.8. The molecule has 41 heavy (non-hydrogen) atoms. The van der Waals surface area contributed by atoms with E-state index in [2.05, 4.69) is 25.8 Å². The maximum atomic E-state index is 11.3. The van der Waals surface area contributed by atoms with Crippen LogP contribution in [-0.2, 0) is 0 Å². The molecule has 5 rings (SSSR count). The second-order valence-corrected chi connectivity index (χ2v) is 8.59. The first-order valence-electron chi connectivity index (χ1n) is 12.4. The molecule has 1 heterocycles. The zero-order valence-electron chi connectivity index (χ0n) is 21.8. The minimum Gasteiger partial charge on any atom is -0.595 e.